The maximum absolute atomic E-state index is 11.9. The van der Waals surface area contributed by atoms with Crippen LogP contribution >= 0.6 is 23.4 Å². The van der Waals surface area contributed by atoms with Gasteiger partial charge in [0.05, 0.1) is 18.1 Å². The normalized spacial score (nSPS) is 10.3. The molecule has 1 aromatic carbocycles. The molecule has 1 heterocycles. The fraction of sp³-hybridized carbons (Fsp3) is 0.294. The van der Waals surface area contributed by atoms with Crippen LogP contribution in [0.5, 0.6) is 0 Å². The molecule has 0 aliphatic heterocycles. The van der Waals surface area contributed by atoms with Crippen molar-refractivity contribution in [2.75, 3.05) is 28.7 Å². The molecule has 27 heavy (non-hydrogen) atoms. The van der Waals surface area contributed by atoms with Gasteiger partial charge in [-0.25, -0.2) is 0 Å². The highest BCUT2D eigenvalue weighted by molar-refractivity contribution is 8.00. The Balaban J connectivity index is 1.64. The lowest BCUT2D eigenvalue weighted by atomic mass is 10.2. The maximum Gasteiger partial charge on any atom is 0.243 e. The monoisotopic (exact) mass is 410 g/mol. The predicted octanol–water partition coefficient (Wildman–Crippen LogP) is 2.37. The molecule has 0 saturated heterocycles. The van der Waals surface area contributed by atoms with Gasteiger partial charge in [-0.05, 0) is 31.5 Å². The van der Waals surface area contributed by atoms with Crippen molar-refractivity contribution < 1.29 is 18.9 Å². The number of hydrogen-bond donors (Lipinski definition) is 3. The molecule has 0 unspecified atom stereocenters. The average molecular weight is 411 g/mol. The minimum Gasteiger partial charge on any atom is -0.360 e. The van der Waals surface area contributed by atoms with Crippen molar-refractivity contribution in [1.82, 2.24) is 10.5 Å². The van der Waals surface area contributed by atoms with Crippen molar-refractivity contribution >= 4 is 52.6 Å². The molecule has 0 aliphatic rings. The summed E-state index contributed by atoms with van der Waals surface area (Å²) >= 11 is 7.12. The summed E-state index contributed by atoms with van der Waals surface area (Å²) in [6.45, 7) is 3.33. The van der Waals surface area contributed by atoms with Crippen LogP contribution in [0.15, 0.2) is 28.8 Å². The number of carbonyl (C=O) groups excluding carboxylic acids is 3. The minimum atomic E-state index is -0.363. The van der Waals surface area contributed by atoms with Crippen LogP contribution < -0.4 is 16.0 Å². The van der Waals surface area contributed by atoms with E-state index in [0.717, 1.165) is 17.3 Å². The molecule has 144 valence electrons. The standard InChI is InChI=1S/C17H19ClN4O4S/c1-10-6-14(22-26-10)21-17(25)9-27-8-16(24)19-7-15(23)20-13-5-3-4-12(18)11(13)2/h3-6H,7-9H2,1-2H3,(H,19,24)(H,20,23)(H,21,22,25). The topological polar surface area (TPSA) is 113 Å². The number of hydrogen-bond acceptors (Lipinski definition) is 6. The first-order chi connectivity index (χ1) is 12.8. The molecule has 1 aromatic heterocycles. The molecule has 2 aromatic rings. The number of nitrogens with one attached hydrogen (secondary N) is 3. The molecule has 0 radical (unpaired) electrons. The highest BCUT2D eigenvalue weighted by atomic mass is 35.5. The summed E-state index contributed by atoms with van der Waals surface area (Å²) in [5.41, 5.74) is 1.35. The van der Waals surface area contributed by atoms with Crippen LogP contribution in [-0.4, -0.2) is 40.9 Å². The Labute approximate surface area is 165 Å². The average Bonchev–Trinajstić information content (AvgIpc) is 3.02. The lowest BCUT2D eigenvalue weighted by Gasteiger charge is -2.10. The molecule has 0 saturated carbocycles. The van der Waals surface area contributed by atoms with Crippen LogP contribution in [0.25, 0.3) is 0 Å². The van der Waals surface area contributed by atoms with Gasteiger partial charge in [0.15, 0.2) is 5.82 Å². The summed E-state index contributed by atoms with van der Waals surface area (Å²) < 4.78 is 4.84. The zero-order valence-corrected chi connectivity index (χ0v) is 16.4. The fourth-order valence-corrected chi connectivity index (χ4v) is 2.83. The summed E-state index contributed by atoms with van der Waals surface area (Å²) in [6, 6.07) is 6.78. The van der Waals surface area contributed by atoms with E-state index in [2.05, 4.69) is 21.1 Å². The Morgan fingerprint density at radius 3 is 2.56 bits per heavy atom. The molecule has 10 heteroatoms. The van der Waals surface area contributed by atoms with Crippen LogP contribution in [0.2, 0.25) is 5.02 Å². The van der Waals surface area contributed by atoms with Gasteiger partial charge >= 0.3 is 0 Å². The van der Waals surface area contributed by atoms with Crippen molar-refractivity contribution in [2.24, 2.45) is 0 Å². The second-order valence-electron chi connectivity index (χ2n) is 5.60. The maximum atomic E-state index is 11.9. The van der Waals surface area contributed by atoms with Crippen molar-refractivity contribution in [1.29, 1.82) is 0 Å². The van der Waals surface area contributed by atoms with Gasteiger partial charge in [0, 0.05) is 16.8 Å². The van der Waals surface area contributed by atoms with Gasteiger partial charge in [0.2, 0.25) is 17.7 Å². The molecular weight excluding hydrogens is 392 g/mol. The Morgan fingerprint density at radius 2 is 1.85 bits per heavy atom. The van der Waals surface area contributed by atoms with Crippen LogP contribution in [0, 0.1) is 13.8 Å². The van der Waals surface area contributed by atoms with Gasteiger partial charge in [-0.2, -0.15) is 0 Å². The number of thioether (sulfide) groups is 1. The number of rotatable bonds is 8. The summed E-state index contributed by atoms with van der Waals surface area (Å²) in [5, 5.41) is 11.9. The molecule has 3 amide bonds. The number of aromatic nitrogens is 1. The van der Waals surface area contributed by atoms with E-state index in [1.807, 2.05) is 0 Å². The summed E-state index contributed by atoms with van der Waals surface area (Å²) in [6.07, 6.45) is 0. The third-order valence-corrected chi connectivity index (χ3v) is 4.69. The molecular formula is C17H19ClN4O4S. The van der Waals surface area contributed by atoms with Gasteiger partial charge < -0.3 is 20.5 Å². The molecule has 0 atom stereocenters. The molecule has 3 N–H and O–H groups in total. The Morgan fingerprint density at radius 1 is 1.11 bits per heavy atom. The number of amides is 3. The zero-order valence-electron chi connectivity index (χ0n) is 14.8. The number of halogens is 1. The number of anilines is 2. The van der Waals surface area contributed by atoms with Gasteiger partial charge in [-0.1, -0.05) is 22.8 Å². The molecule has 2 rings (SSSR count). The quantitative estimate of drug-likeness (QED) is 0.615. The highest BCUT2D eigenvalue weighted by Gasteiger charge is 2.10. The SMILES string of the molecule is Cc1cc(NC(=O)CSCC(=O)NCC(=O)Nc2cccc(Cl)c2C)no1. The Kier molecular flexibility index (Phi) is 7.68. The van der Waals surface area contributed by atoms with Crippen molar-refractivity contribution in [3.8, 4) is 0 Å². The third kappa shape index (κ3) is 6.95. The summed E-state index contributed by atoms with van der Waals surface area (Å²) in [4.78, 5) is 35.4. The largest absolute Gasteiger partial charge is 0.360 e. The van der Waals surface area contributed by atoms with E-state index < -0.39 is 0 Å². The molecule has 0 bridgehead atoms. The number of benzene rings is 1. The summed E-state index contributed by atoms with van der Waals surface area (Å²) in [5.74, 6) is 0.0393. The molecule has 8 nitrogen and oxygen atoms in total. The first kappa shape index (κ1) is 20.8. The van der Waals surface area contributed by atoms with Gasteiger partial charge in [0.25, 0.3) is 0 Å². The van der Waals surface area contributed by atoms with Crippen molar-refractivity contribution in [3.05, 3.63) is 40.6 Å². The van der Waals surface area contributed by atoms with E-state index in [-0.39, 0.29) is 35.8 Å². The minimum absolute atomic E-state index is 0.0503. The fourth-order valence-electron chi connectivity index (χ4n) is 2.01. The van der Waals surface area contributed by atoms with Crippen LogP contribution in [-0.2, 0) is 14.4 Å². The Bertz CT molecular complexity index is 840. The van der Waals surface area contributed by atoms with Crippen LogP contribution in [0.3, 0.4) is 0 Å². The Hall–Kier alpha value is -2.52. The number of nitrogens with zero attached hydrogens (tertiary/aromatic N) is 1. The second kappa shape index (κ2) is 9.98. The third-order valence-electron chi connectivity index (χ3n) is 3.35. The van der Waals surface area contributed by atoms with Gasteiger partial charge in [-0.15, -0.1) is 11.8 Å². The first-order valence-corrected chi connectivity index (χ1v) is 9.51. The van der Waals surface area contributed by atoms with E-state index >= 15 is 0 Å². The summed E-state index contributed by atoms with van der Waals surface area (Å²) in [7, 11) is 0. The second-order valence-corrected chi connectivity index (χ2v) is 6.99. The zero-order chi connectivity index (χ0) is 19.8. The molecule has 0 aliphatic carbocycles. The van der Waals surface area contributed by atoms with E-state index in [1.54, 1.807) is 38.1 Å². The number of aryl methyl sites for hydroxylation is 1. The highest BCUT2D eigenvalue weighted by Crippen LogP contribution is 2.22. The van der Waals surface area contributed by atoms with E-state index in [1.165, 1.54) is 0 Å². The first-order valence-electron chi connectivity index (χ1n) is 7.97. The van der Waals surface area contributed by atoms with Gasteiger partial charge in [-0.3, -0.25) is 14.4 Å². The lowest BCUT2D eigenvalue weighted by Crippen LogP contribution is -2.34. The lowest BCUT2D eigenvalue weighted by molar-refractivity contribution is -0.122. The smallest absolute Gasteiger partial charge is 0.243 e. The van der Waals surface area contributed by atoms with Crippen LogP contribution in [0.4, 0.5) is 11.5 Å². The van der Waals surface area contributed by atoms with Crippen molar-refractivity contribution in [3.63, 3.8) is 0 Å². The molecule has 0 spiro atoms. The van der Waals surface area contributed by atoms with E-state index in [9.17, 15) is 14.4 Å². The predicted molar refractivity (Wildman–Crippen MR) is 105 cm³/mol. The number of carbonyl (C=O) groups is 3. The van der Waals surface area contributed by atoms with E-state index in [4.69, 9.17) is 16.1 Å². The molecule has 0 fully saturated rings. The van der Waals surface area contributed by atoms with Crippen molar-refractivity contribution in [2.45, 2.75) is 13.8 Å². The van der Waals surface area contributed by atoms with Crippen LogP contribution in [0.1, 0.15) is 11.3 Å². The van der Waals surface area contributed by atoms with E-state index in [0.29, 0.717) is 22.3 Å². The van der Waals surface area contributed by atoms with Gasteiger partial charge in [0.1, 0.15) is 5.76 Å².